The largest absolute Gasteiger partial charge is 0.470 e. The smallest absolute Gasteiger partial charge is 0.256 e. The molecule has 1 saturated heterocycles. The normalized spacial score (nSPS) is 18.2. The molecular weight excluding hydrogens is 320 g/mol. The third-order valence-corrected chi connectivity index (χ3v) is 4.09. The van der Waals surface area contributed by atoms with E-state index in [0.717, 1.165) is 12.8 Å². The number of hydrogen-bond acceptors (Lipinski definition) is 6. The number of carbonyl (C=O) groups is 1. The van der Waals surface area contributed by atoms with E-state index < -0.39 is 6.10 Å². The van der Waals surface area contributed by atoms with Crippen LogP contribution in [-0.2, 0) is 4.79 Å². The van der Waals surface area contributed by atoms with Gasteiger partial charge in [-0.05, 0) is 18.4 Å². The van der Waals surface area contributed by atoms with Crippen molar-refractivity contribution in [2.24, 2.45) is 0 Å². The highest BCUT2D eigenvalue weighted by Gasteiger charge is 2.30. The Morgan fingerprint density at radius 3 is 2.84 bits per heavy atom. The number of aromatic nitrogens is 2. The summed E-state index contributed by atoms with van der Waals surface area (Å²) < 4.78 is 5.77. The first-order valence-electron chi connectivity index (χ1n) is 8.08. The first-order chi connectivity index (χ1) is 12.2. The molecule has 1 aliphatic heterocycles. The van der Waals surface area contributed by atoms with Gasteiger partial charge in [-0.1, -0.05) is 30.3 Å². The van der Waals surface area contributed by atoms with E-state index in [2.05, 4.69) is 9.97 Å². The van der Waals surface area contributed by atoms with Crippen LogP contribution in [0.25, 0.3) is 0 Å². The number of ether oxygens (including phenoxy) is 1. The first-order valence-corrected chi connectivity index (χ1v) is 8.08. The fourth-order valence-electron chi connectivity index (χ4n) is 2.83. The lowest BCUT2D eigenvalue weighted by Crippen LogP contribution is -2.46. The summed E-state index contributed by atoms with van der Waals surface area (Å²) in [6.07, 6.45) is 2.90. The maximum absolute atomic E-state index is 12.6. The summed E-state index contributed by atoms with van der Waals surface area (Å²) in [4.78, 5) is 22.1. The van der Waals surface area contributed by atoms with E-state index in [0.29, 0.717) is 18.7 Å². The second-order valence-corrected chi connectivity index (χ2v) is 5.80. The maximum atomic E-state index is 12.6. The van der Waals surface area contributed by atoms with Gasteiger partial charge in [-0.15, -0.1) is 0 Å². The van der Waals surface area contributed by atoms with Crippen molar-refractivity contribution in [3.63, 3.8) is 0 Å². The molecule has 2 atom stereocenters. The zero-order chi connectivity index (χ0) is 17.6. The fourth-order valence-corrected chi connectivity index (χ4v) is 2.83. The minimum Gasteiger partial charge on any atom is -0.470 e. The number of rotatable bonds is 4. The van der Waals surface area contributed by atoms with E-state index in [1.807, 2.05) is 12.1 Å². The number of carbonyl (C=O) groups excluding carboxylic acids is 1. The Bertz CT molecular complexity index is 775. The molecule has 1 aliphatic rings. The number of hydrogen-bond donors (Lipinski definition) is 1. The van der Waals surface area contributed by atoms with Crippen LogP contribution in [0.4, 0.5) is 0 Å². The molecule has 1 amide bonds. The number of nitrogens with zero attached hydrogens (tertiary/aromatic N) is 4. The van der Waals surface area contributed by atoms with Crippen LogP contribution in [0.5, 0.6) is 5.88 Å². The third kappa shape index (κ3) is 3.92. The molecule has 25 heavy (non-hydrogen) atoms. The summed E-state index contributed by atoms with van der Waals surface area (Å²) in [7, 11) is 0. The van der Waals surface area contributed by atoms with Crippen molar-refractivity contribution in [1.82, 2.24) is 14.9 Å². The molecule has 1 fully saturated rings. The monoisotopic (exact) mass is 338 g/mol. The van der Waals surface area contributed by atoms with Gasteiger partial charge in [0.15, 0.2) is 6.10 Å². The molecule has 7 nitrogen and oxygen atoms in total. The minimum atomic E-state index is -1.19. The van der Waals surface area contributed by atoms with Crippen LogP contribution in [0.3, 0.4) is 0 Å². The highest BCUT2D eigenvalue weighted by molar-refractivity contribution is 5.82. The van der Waals surface area contributed by atoms with Crippen LogP contribution in [0.2, 0.25) is 0 Å². The molecule has 2 aromatic rings. The zero-order valence-electron chi connectivity index (χ0n) is 13.6. The number of aliphatic hydroxyl groups is 1. The van der Waals surface area contributed by atoms with Crippen molar-refractivity contribution in [2.75, 3.05) is 13.1 Å². The van der Waals surface area contributed by atoms with Gasteiger partial charge in [0.25, 0.3) is 11.8 Å². The topological polar surface area (TPSA) is 99.3 Å². The van der Waals surface area contributed by atoms with Crippen LogP contribution in [0.1, 0.15) is 30.2 Å². The van der Waals surface area contributed by atoms with Crippen molar-refractivity contribution < 1.29 is 14.6 Å². The molecule has 128 valence electrons. The van der Waals surface area contributed by atoms with E-state index >= 15 is 0 Å². The number of benzene rings is 1. The molecular formula is C18H18N4O3. The molecule has 0 saturated carbocycles. The van der Waals surface area contributed by atoms with Crippen molar-refractivity contribution >= 4 is 5.91 Å². The molecule has 2 heterocycles. The average molecular weight is 338 g/mol. The SMILES string of the molecule is N#Cc1nccnc1O[C@H]1CCCN(C(=O)[C@@H](O)c2ccccc2)C1. The summed E-state index contributed by atoms with van der Waals surface area (Å²) >= 11 is 0. The second kappa shape index (κ2) is 7.73. The van der Waals surface area contributed by atoms with Gasteiger partial charge in [-0.25, -0.2) is 9.97 Å². The van der Waals surface area contributed by atoms with Gasteiger partial charge in [0.2, 0.25) is 5.69 Å². The van der Waals surface area contributed by atoms with E-state index in [4.69, 9.17) is 10.00 Å². The van der Waals surface area contributed by atoms with Crippen molar-refractivity contribution in [2.45, 2.75) is 25.0 Å². The average Bonchev–Trinajstić information content (AvgIpc) is 2.68. The molecule has 0 radical (unpaired) electrons. The summed E-state index contributed by atoms with van der Waals surface area (Å²) in [6.45, 7) is 0.901. The van der Waals surface area contributed by atoms with Gasteiger partial charge in [0.05, 0.1) is 6.54 Å². The van der Waals surface area contributed by atoms with Crippen molar-refractivity contribution in [3.8, 4) is 11.9 Å². The lowest BCUT2D eigenvalue weighted by Gasteiger charge is -2.33. The molecule has 0 aliphatic carbocycles. The molecule has 0 spiro atoms. The quantitative estimate of drug-likeness (QED) is 0.906. The maximum Gasteiger partial charge on any atom is 0.256 e. The number of aliphatic hydroxyl groups excluding tert-OH is 1. The van der Waals surface area contributed by atoms with E-state index in [1.54, 1.807) is 29.2 Å². The highest BCUT2D eigenvalue weighted by atomic mass is 16.5. The predicted octanol–water partition coefficient (Wildman–Crippen LogP) is 1.45. The standard InChI is InChI=1S/C18H18N4O3/c19-11-15-17(21-9-8-20-15)25-14-7-4-10-22(12-14)18(24)16(23)13-5-2-1-3-6-13/h1-3,5-6,8-9,14,16,23H,4,7,10,12H2/t14-,16-/m0/s1. The summed E-state index contributed by atoms with van der Waals surface area (Å²) in [6, 6.07) is 10.8. The molecule has 1 aromatic heterocycles. The number of piperidine rings is 1. The van der Waals surface area contributed by atoms with Gasteiger partial charge < -0.3 is 14.7 Å². The Morgan fingerprint density at radius 1 is 1.32 bits per heavy atom. The third-order valence-electron chi connectivity index (χ3n) is 4.09. The Kier molecular flexibility index (Phi) is 5.21. The molecule has 1 N–H and O–H groups in total. The van der Waals surface area contributed by atoms with Gasteiger partial charge in [0.1, 0.15) is 12.2 Å². The van der Waals surface area contributed by atoms with Gasteiger partial charge in [0, 0.05) is 18.9 Å². The second-order valence-electron chi connectivity index (χ2n) is 5.80. The highest BCUT2D eigenvalue weighted by Crippen LogP contribution is 2.22. The lowest BCUT2D eigenvalue weighted by atomic mass is 10.0. The van der Waals surface area contributed by atoms with Gasteiger partial charge in [-0.2, -0.15) is 5.26 Å². The summed E-state index contributed by atoms with van der Waals surface area (Å²) in [5.41, 5.74) is 0.687. The molecule has 3 rings (SSSR count). The lowest BCUT2D eigenvalue weighted by molar-refractivity contribution is -0.143. The number of nitriles is 1. The van der Waals surface area contributed by atoms with Crippen LogP contribution >= 0.6 is 0 Å². The number of likely N-dealkylation sites (tertiary alicyclic amines) is 1. The van der Waals surface area contributed by atoms with E-state index in [1.165, 1.54) is 12.4 Å². The summed E-state index contributed by atoms with van der Waals surface area (Å²) in [5.74, 6) is -0.174. The number of amides is 1. The Morgan fingerprint density at radius 2 is 2.08 bits per heavy atom. The fraction of sp³-hybridized carbons (Fsp3) is 0.333. The van der Waals surface area contributed by atoms with Crippen LogP contribution < -0.4 is 4.74 Å². The van der Waals surface area contributed by atoms with Gasteiger partial charge in [-0.3, -0.25) is 4.79 Å². The molecule has 1 aromatic carbocycles. The first kappa shape index (κ1) is 16.9. The van der Waals surface area contributed by atoms with E-state index in [9.17, 15) is 9.90 Å². The molecule has 0 bridgehead atoms. The molecule has 7 heteroatoms. The Labute approximate surface area is 145 Å². The van der Waals surface area contributed by atoms with Crippen LogP contribution in [-0.4, -0.2) is 45.1 Å². The van der Waals surface area contributed by atoms with Gasteiger partial charge >= 0.3 is 0 Å². The molecule has 0 unspecified atom stereocenters. The summed E-state index contributed by atoms with van der Waals surface area (Å²) in [5, 5.41) is 19.4. The van der Waals surface area contributed by atoms with Crippen LogP contribution in [0.15, 0.2) is 42.7 Å². The Balaban J connectivity index is 1.67. The van der Waals surface area contributed by atoms with Crippen LogP contribution in [0, 0.1) is 11.3 Å². The predicted molar refractivity (Wildman–Crippen MR) is 88.4 cm³/mol. The van der Waals surface area contributed by atoms with Crippen molar-refractivity contribution in [1.29, 1.82) is 5.26 Å². The van der Waals surface area contributed by atoms with E-state index in [-0.39, 0.29) is 23.6 Å². The van der Waals surface area contributed by atoms with Crippen molar-refractivity contribution in [3.05, 3.63) is 54.0 Å². The zero-order valence-corrected chi connectivity index (χ0v) is 13.6. The Hall–Kier alpha value is -2.98. The minimum absolute atomic E-state index is 0.121.